The standard InChI is InChI=1S/C20H20F3N3O3S/c1-4-18-24-17(11-30-18)19(27)26(13-5-6-25(10-13)12-20(21,22)23)14-7-15(28-2)9-16(8-14)29-3/h1,7-9,11,13H,5-6,10,12H2,2-3H3/t13-/m1/s1. The molecular formula is C20H20F3N3O3S. The zero-order chi connectivity index (χ0) is 21.9. The van der Waals surface area contributed by atoms with Gasteiger partial charge in [0.2, 0.25) is 0 Å². The molecule has 0 aliphatic carbocycles. The van der Waals surface area contributed by atoms with Gasteiger partial charge in [0, 0.05) is 36.7 Å². The molecule has 1 aromatic carbocycles. The number of likely N-dealkylation sites (tertiary alicyclic amines) is 1. The fourth-order valence-electron chi connectivity index (χ4n) is 3.41. The van der Waals surface area contributed by atoms with Crippen molar-refractivity contribution in [3.05, 3.63) is 34.3 Å². The summed E-state index contributed by atoms with van der Waals surface area (Å²) in [7, 11) is 2.95. The molecule has 2 heterocycles. The van der Waals surface area contributed by atoms with Gasteiger partial charge in [-0.05, 0) is 12.3 Å². The third-order valence-electron chi connectivity index (χ3n) is 4.70. The molecule has 0 spiro atoms. The Balaban J connectivity index is 1.97. The van der Waals surface area contributed by atoms with Crippen LogP contribution in [-0.4, -0.2) is 61.9 Å². The Morgan fingerprint density at radius 3 is 2.53 bits per heavy atom. The molecule has 0 saturated carbocycles. The van der Waals surface area contributed by atoms with Crippen molar-refractivity contribution >= 4 is 22.9 Å². The number of nitrogens with zero attached hydrogens (tertiary/aromatic N) is 3. The van der Waals surface area contributed by atoms with E-state index >= 15 is 0 Å². The number of thiazole rings is 1. The monoisotopic (exact) mass is 439 g/mol. The molecule has 1 atom stereocenters. The molecule has 1 aliphatic rings. The van der Waals surface area contributed by atoms with Gasteiger partial charge in [-0.15, -0.1) is 17.8 Å². The normalized spacial score (nSPS) is 16.9. The molecule has 1 aromatic heterocycles. The number of halogens is 3. The minimum Gasteiger partial charge on any atom is -0.497 e. The highest BCUT2D eigenvalue weighted by Gasteiger charge is 2.38. The van der Waals surface area contributed by atoms with Gasteiger partial charge in [-0.1, -0.05) is 0 Å². The molecular weight excluding hydrogens is 419 g/mol. The molecule has 0 radical (unpaired) electrons. The topological polar surface area (TPSA) is 54.9 Å². The highest BCUT2D eigenvalue weighted by Crippen LogP contribution is 2.33. The molecule has 1 fully saturated rings. The molecule has 160 valence electrons. The lowest BCUT2D eigenvalue weighted by Gasteiger charge is -2.29. The summed E-state index contributed by atoms with van der Waals surface area (Å²) in [5.74, 6) is 2.85. The van der Waals surface area contributed by atoms with Crippen molar-refractivity contribution in [1.29, 1.82) is 0 Å². The maximum Gasteiger partial charge on any atom is 0.401 e. The molecule has 0 bridgehead atoms. The number of ether oxygens (including phenoxy) is 2. The number of amides is 1. The maximum atomic E-state index is 13.3. The number of carbonyl (C=O) groups is 1. The van der Waals surface area contributed by atoms with Crippen LogP contribution in [-0.2, 0) is 0 Å². The third-order valence-corrected chi connectivity index (χ3v) is 5.47. The van der Waals surface area contributed by atoms with Crippen LogP contribution in [0.15, 0.2) is 23.6 Å². The van der Waals surface area contributed by atoms with E-state index in [1.165, 1.54) is 24.0 Å². The van der Waals surface area contributed by atoms with Crippen molar-refractivity contribution in [3.63, 3.8) is 0 Å². The first-order chi connectivity index (χ1) is 14.2. The summed E-state index contributed by atoms with van der Waals surface area (Å²) in [5.41, 5.74) is 0.592. The number of rotatable bonds is 6. The van der Waals surface area contributed by atoms with Gasteiger partial charge in [-0.3, -0.25) is 9.69 Å². The summed E-state index contributed by atoms with van der Waals surface area (Å²) in [6, 6.07) is 4.45. The van der Waals surface area contributed by atoms with Crippen molar-refractivity contribution in [2.45, 2.75) is 18.6 Å². The summed E-state index contributed by atoms with van der Waals surface area (Å²) in [6.07, 6.45) is 1.43. The lowest BCUT2D eigenvalue weighted by Crippen LogP contribution is -2.43. The molecule has 1 amide bonds. The number of benzene rings is 1. The number of terminal acetylenes is 1. The first-order valence-corrected chi connectivity index (χ1v) is 9.90. The number of methoxy groups -OCH3 is 2. The Labute approximate surface area is 176 Å². The number of hydrogen-bond acceptors (Lipinski definition) is 6. The van der Waals surface area contributed by atoms with E-state index < -0.39 is 24.7 Å². The Morgan fingerprint density at radius 1 is 1.33 bits per heavy atom. The van der Waals surface area contributed by atoms with Gasteiger partial charge >= 0.3 is 6.18 Å². The molecule has 10 heteroatoms. The second-order valence-corrected chi connectivity index (χ2v) is 7.58. The number of carbonyl (C=O) groups excluding carboxylic acids is 1. The Bertz CT molecular complexity index is 932. The highest BCUT2D eigenvalue weighted by atomic mass is 32.1. The van der Waals surface area contributed by atoms with Gasteiger partial charge in [-0.2, -0.15) is 13.2 Å². The highest BCUT2D eigenvalue weighted by molar-refractivity contribution is 7.10. The van der Waals surface area contributed by atoms with Crippen LogP contribution < -0.4 is 14.4 Å². The van der Waals surface area contributed by atoms with E-state index in [1.54, 1.807) is 23.6 Å². The van der Waals surface area contributed by atoms with Crippen molar-refractivity contribution in [2.24, 2.45) is 0 Å². The summed E-state index contributed by atoms with van der Waals surface area (Å²) in [6.45, 7) is -0.719. The van der Waals surface area contributed by atoms with E-state index in [4.69, 9.17) is 15.9 Å². The maximum absolute atomic E-state index is 13.3. The number of aromatic nitrogens is 1. The van der Waals surface area contributed by atoms with Gasteiger partial charge in [0.15, 0.2) is 5.01 Å². The van der Waals surface area contributed by atoms with Crippen LogP contribution in [0, 0.1) is 12.3 Å². The summed E-state index contributed by atoms with van der Waals surface area (Å²) >= 11 is 1.15. The molecule has 0 N–H and O–H groups in total. The smallest absolute Gasteiger partial charge is 0.401 e. The van der Waals surface area contributed by atoms with Gasteiger partial charge in [0.1, 0.15) is 17.2 Å². The van der Waals surface area contributed by atoms with E-state index in [9.17, 15) is 18.0 Å². The van der Waals surface area contributed by atoms with Gasteiger partial charge in [-0.25, -0.2) is 4.98 Å². The summed E-state index contributed by atoms with van der Waals surface area (Å²) in [5, 5.41) is 1.90. The van der Waals surface area contributed by atoms with Crippen molar-refractivity contribution in [1.82, 2.24) is 9.88 Å². The predicted molar refractivity (Wildman–Crippen MR) is 107 cm³/mol. The van der Waals surface area contributed by atoms with Crippen LogP contribution in [0.4, 0.5) is 18.9 Å². The molecule has 0 unspecified atom stereocenters. The average Bonchev–Trinajstić information content (AvgIpc) is 3.36. The molecule has 6 nitrogen and oxygen atoms in total. The van der Waals surface area contributed by atoms with Crippen LogP contribution in [0.3, 0.4) is 0 Å². The zero-order valence-corrected chi connectivity index (χ0v) is 17.2. The second kappa shape index (κ2) is 8.93. The Morgan fingerprint density at radius 2 is 2.00 bits per heavy atom. The fraction of sp³-hybridized carbons (Fsp3) is 0.400. The zero-order valence-electron chi connectivity index (χ0n) is 16.4. The minimum atomic E-state index is -4.31. The third kappa shape index (κ3) is 5.04. The summed E-state index contributed by atoms with van der Waals surface area (Å²) < 4.78 is 49.1. The Kier molecular flexibility index (Phi) is 6.53. The van der Waals surface area contributed by atoms with E-state index in [0.29, 0.717) is 28.6 Å². The number of anilines is 1. The van der Waals surface area contributed by atoms with Crippen LogP contribution in [0.5, 0.6) is 11.5 Å². The van der Waals surface area contributed by atoms with E-state index in [2.05, 4.69) is 10.9 Å². The van der Waals surface area contributed by atoms with E-state index in [1.807, 2.05) is 0 Å². The van der Waals surface area contributed by atoms with Crippen molar-refractivity contribution in [2.75, 3.05) is 38.8 Å². The van der Waals surface area contributed by atoms with Gasteiger partial charge in [0.05, 0.1) is 32.5 Å². The molecule has 3 rings (SSSR count). The first-order valence-electron chi connectivity index (χ1n) is 9.02. The quantitative estimate of drug-likeness (QED) is 0.646. The fourth-order valence-corrected chi connectivity index (χ4v) is 4.00. The van der Waals surface area contributed by atoms with Gasteiger partial charge in [0.25, 0.3) is 5.91 Å². The second-order valence-electron chi connectivity index (χ2n) is 6.72. The average molecular weight is 439 g/mol. The molecule has 2 aromatic rings. The van der Waals surface area contributed by atoms with E-state index in [0.717, 1.165) is 11.3 Å². The van der Waals surface area contributed by atoms with Crippen molar-refractivity contribution < 1.29 is 27.4 Å². The largest absolute Gasteiger partial charge is 0.497 e. The molecule has 1 aliphatic heterocycles. The van der Waals surface area contributed by atoms with E-state index in [-0.39, 0.29) is 18.8 Å². The molecule has 1 saturated heterocycles. The first kappa shape index (κ1) is 21.9. The van der Waals surface area contributed by atoms with Crippen LogP contribution in [0.1, 0.15) is 21.9 Å². The van der Waals surface area contributed by atoms with Crippen LogP contribution in [0.25, 0.3) is 0 Å². The SMILES string of the molecule is C#Cc1nc(C(=O)N(c2cc(OC)cc(OC)c2)[C@@H]2CCN(CC(F)(F)F)C2)cs1. The Hall–Kier alpha value is -2.77. The molecule has 30 heavy (non-hydrogen) atoms. The minimum absolute atomic E-state index is 0.0803. The van der Waals surface area contributed by atoms with Crippen LogP contribution in [0.2, 0.25) is 0 Å². The number of alkyl halides is 3. The predicted octanol–water partition coefficient (Wildman–Crippen LogP) is 3.43. The number of hydrogen-bond donors (Lipinski definition) is 0. The van der Waals surface area contributed by atoms with Crippen LogP contribution >= 0.6 is 11.3 Å². The summed E-state index contributed by atoms with van der Waals surface area (Å²) in [4.78, 5) is 20.2. The van der Waals surface area contributed by atoms with Crippen molar-refractivity contribution in [3.8, 4) is 23.8 Å². The van der Waals surface area contributed by atoms with Gasteiger partial charge < -0.3 is 14.4 Å². The lowest BCUT2D eigenvalue weighted by molar-refractivity contribution is -0.143. The lowest BCUT2D eigenvalue weighted by atomic mass is 10.1.